The van der Waals surface area contributed by atoms with Crippen molar-refractivity contribution in [1.29, 1.82) is 5.26 Å². The summed E-state index contributed by atoms with van der Waals surface area (Å²) < 4.78 is 0. The van der Waals surface area contributed by atoms with E-state index in [-0.39, 0.29) is 17.4 Å². The number of ketones is 1. The third kappa shape index (κ3) is 4.96. The van der Waals surface area contributed by atoms with Crippen LogP contribution in [-0.4, -0.2) is 17.4 Å². The predicted molar refractivity (Wildman–Crippen MR) is 133 cm³/mol. The average Bonchev–Trinajstić information content (AvgIpc) is 2.80. The molecule has 1 aliphatic heterocycles. The van der Waals surface area contributed by atoms with E-state index in [1.807, 2.05) is 19.1 Å². The largest absolute Gasteiger partial charge is 0.352 e. The van der Waals surface area contributed by atoms with E-state index in [1.165, 1.54) is 11.8 Å². The number of rotatable bonds is 5. The minimum Gasteiger partial charge on any atom is -0.352 e. The van der Waals surface area contributed by atoms with Gasteiger partial charge in [0.15, 0.2) is 5.78 Å². The van der Waals surface area contributed by atoms with Crippen molar-refractivity contribution >= 4 is 52.3 Å². The van der Waals surface area contributed by atoms with Crippen LogP contribution >= 0.6 is 35.0 Å². The summed E-state index contributed by atoms with van der Waals surface area (Å²) in [6, 6.07) is 14.8. The van der Waals surface area contributed by atoms with Gasteiger partial charge in [-0.3, -0.25) is 9.59 Å². The van der Waals surface area contributed by atoms with Crippen LogP contribution < -0.4 is 10.6 Å². The van der Waals surface area contributed by atoms with Gasteiger partial charge in [-0.15, -0.1) is 0 Å². The van der Waals surface area contributed by atoms with Gasteiger partial charge in [-0.1, -0.05) is 53.2 Å². The lowest BCUT2D eigenvalue weighted by Crippen LogP contribution is -2.31. The molecule has 2 aliphatic rings. The number of benzene rings is 2. The Kier molecular flexibility index (Phi) is 7.14. The van der Waals surface area contributed by atoms with Crippen molar-refractivity contribution in [3.8, 4) is 6.07 Å². The number of nitrogens with zero attached hydrogens (tertiary/aromatic N) is 1. The molecule has 8 heteroatoms. The number of halogens is 2. The van der Waals surface area contributed by atoms with E-state index in [4.69, 9.17) is 23.2 Å². The van der Waals surface area contributed by atoms with Crippen molar-refractivity contribution in [3.63, 3.8) is 0 Å². The van der Waals surface area contributed by atoms with Crippen LogP contribution in [0.15, 0.2) is 64.3 Å². The highest BCUT2D eigenvalue weighted by Crippen LogP contribution is 2.44. The average molecular weight is 498 g/mol. The van der Waals surface area contributed by atoms with Crippen LogP contribution in [0.4, 0.5) is 5.69 Å². The van der Waals surface area contributed by atoms with Gasteiger partial charge >= 0.3 is 0 Å². The second kappa shape index (κ2) is 10.0. The van der Waals surface area contributed by atoms with Gasteiger partial charge in [0.25, 0.3) is 0 Å². The van der Waals surface area contributed by atoms with Crippen LogP contribution in [0, 0.1) is 18.3 Å². The van der Waals surface area contributed by atoms with Gasteiger partial charge in [0.05, 0.1) is 28.3 Å². The Morgan fingerprint density at radius 3 is 2.70 bits per heavy atom. The van der Waals surface area contributed by atoms with Gasteiger partial charge in [-0.2, -0.15) is 5.26 Å². The lowest BCUT2D eigenvalue weighted by atomic mass is 9.77. The Morgan fingerprint density at radius 2 is 1.97 bits per heavy atom. The normalized spacial score (nSPS) is 17.9. The summed E-state index contributed by atoms with van der Waals surface area (Å²) in [6.07, 6.45) is 1.95. The quantitative estimate of drug-likeness (QED) is 0.521. The van der Waals surface area contributed by atoms with E-state index < -0.39 is 5.92 Å². The molecule has 0 bridgehead atoms. The van der Waals surface area contributed by atoms with Crippen LogP contribution in [0.1, 0.15) is 36.3 Å². The van der Waals surface area contributed by atoms with Crippen molar-refractivity contribution in [2.75, 3.05) is 11.1 Å². The number of nitriles is 1. The Labute approximate surface area is 206 Å². The number of carbonyl (C=O) groups excluding carboxylic acids is 2. The van der Waals surface area contributed by atoms with Gasteiger partial charge in [0.1, 0.15) is 0 Å². The summed E-state index contributed by atoms with van der Waals surface area (Å²) in [5, 5.41) is 18.0. The standard InChI is InChI=1S/C25H21Cl2N3O2S/c1-14-18(27)4-2-5-19(14)29-22(32)13-33-25-17(12-28)23(15-8-10-16(26)11-9-15)24-20(30-25)6-3-7-21(24)31/h2,4-5,8-11,23,30H,3,6-7,13H2,1H3,(H,29,32)/t23-/m0/s1. The second-order valence-corrected chi connectivity index (χ2v) is 9.71. The Hall–Kier alpha value is -2.72. The minimum absolute atomic E-state index is 0.0506. The number of Topliss-reactive ketones (excluding diaryl/α,β-unsaturated/α-hetero) is 1. The van der Waals surface area contributed by atoms with Gasteiger partial charge < -0.3 is 10.6 Å². The van der Waals surface area contributed by atoms with Crippen molar-refractivity contribution in [3.05, 3.63) is 85.5 Å². The topological polar surface area (TPSA) is 82.0 Å². The van der Waals surface area contributed by atoms with Crippen molar-refractivity contribution < 1.29 is 9.59 Å². The number of nitrogens with one attached hydrogen (secondary N) is 2. The SMILES string of the molecule is Cc1c(Cl)cccc1NC(=O)CSC1=C(C#N)[C@H](c2ccc(Cl)cc2)C2=C(CCCC2=O)N1. The summed E-state index contributed by atoms with van der Waals surface area (Å²) in [5.74, 6) is -0.533. The molecule has 0 unspecified atom stereocenters. The van der Waals surface area contributed by atoms with Crippen molar-refractivity contribution in [1.82, 2.24) is 5.32 Å². The van der Waals surface area contributed by atoms with Gasteiger partial charge in [-0.05, 0) is 55.2 Å². The van der Waals surface area contributed by atoms with Crippen molar-refractivity contribution in [2.45, 2.75) is 32.1 Å². The highest BCUT2D eigenvalue weighted by molar-refractivity contribution is 8.03. The van der Waals surface area contributed by atoms with Gasteiger partial charge in [-0.25, -0.2) is 0 Å². The Balaban J connectivity index is 1.61. The zero-order valence-electron chi connectivity index (χ0n) is 17.9. The van der Waals surface area contributed by atoms with E-state index in [2.05, 4.69) is 16.7 Å². The molecule has 0 spiro atoms. The first kappa shape index (κ1) is 23.4. The Morgan fingerprint density at radius 1 is 1.21 bits per heavy atom. The highest BCUT2D eigenvalue weighted by Gasteiger charge is 2.37. The maximum Gasteiger partial charge on any atom is 0.234 e. The van der Waals surface area contributed by atoms with Crippen LogP contribution in [0.3, 0.4) is 0 Å². The third-order valence-electron chi connectivity index (χ3n) is 5.76. The van der Waals surface area contributed by atoms with Crippen LogP contribution in [0.25, 0.3) is 0 Å². The molecule has 0 saturated carbocycles. The maximum atomic E-state index is 12.8. The summed E-state index contributed by atoms with van der Waals surface area (Å²) in [5.41, 5.74) is 4.19. The molecule has 1 aliphatic carbocycles. The molecule has 0 radical (unpaired) electrons. The molecule has 1 amide bonds. The van der Waals surface area contributed by atoms with Crippen LogP contribution in [0.5, 0.6) is 0 Å². The van der Waals surface area contributed by atoms with E-state index in [0.29, 0.717) is 38.3 Å². The molecular weight excluding hydrogens is 477 g/mol. The summed E-state index contributed by atoms with van der Waals surface area (Å²) in [4.78, 5) is 25.5. The number of dihydropyridines is 1. The zero-order valence-corrected chi connectivity index (χ0v) is 20.2. The monoisotopic (exact) mass is 497 g/mol. The third-order valence-corrected chi connectivity index (χ3v) is 7.43. The molecule has 5 nitrogen and oxygen atoms in total. The molecule has 0 saturated heterocycles. The van der Waals surface area contributed by atoms with E-state index in [1.54, 1.807) is 30.3 Å². The summed E-state index contributed by atoms with van der Waals surface area (Å²) >= 11 is 13.5. The molecule has 0 aromatic heterocycles. The van der Waals surface area contributed by atoms with Gasteiger partial charge in [0.2, 0.25) is 5.91 Å². The smallest absolute Gasteiger partial charge is 0.234 e. The number of carbonyl (C=O) groups is 2. The van der Waals surface area contributed by atoms with E-state index in [0.717, 1.165) is 29.7 Å². The zero-order chi connectivity index (χ0) is 23.5. The fraction of sp³-hybridized carbons (Fsp3) is 0.240. The lowest BCUT2D eigenvalue weighted by Gasteiger charge is -2.33. The highest BCUT2D eigenvalue weighted by atomic mass is 35.5. The number of thioether (sulfide) groups is 1. The first-order valence-corrected chi connectivity index (χ1v) is 12.2. The molecule has 2 aromatic carbocycles. The van der Waals surface area contributed by atoms with E-state index >= 15 is 0 Å². The Bertz CT molecular complexity index is 1230. The minimum atomic E-state index is -0.475. The number of amides is 1. The van der Waals surface area contributed by atoms with E-state index in [9.17, 15) is 14.9 Å². The summed E-state index contributed by atoms with van der Waals surface area (Å²) in [6.45, 7) is 1.84. The second-order valence-electron chi connectivity index (χ2n) is 7.88. The van der Waals surface area contributed by atoms with Gasteiger partial charge in [0, 0.05) is 33.4 Å². The number of anilines is 1. The fourth-order valence-electron chi connectivity index (χ4n) is 4.09. The number of allylic oxidation sites excluding steroid dienone is 3. The molecule has 2 aromatic rings. The molecule has 33 heavy (non-hydrogen) atoms. The molecule has 0 fully saturated rings. The molecule has 1 heterocycles. The molecule has 1 atom stereocenters. The molecule has 2 N–H and O–H groups in total. The predicted octanol–water partition coefficient (Wildman–Crippen LogP) is 6.10. The lowest BCUT2D eigenvalue weighted by molar-refractivity contribution is -0.116. The van der Waals surface area contributed by atoms with Crippen molar-refractivity contribution in [2.24, 2.45) is 0 Å². The van der Waals surface area contributed by atoms with Crippen LogP contribution in [0.2, 0.25) is 10.0 Å². The number of hydrogen-bond acceptors (Lipinski definition) is 5. The van der Waals surface area contributed by atoms with Crippen LogP contribution in [-0.2, 0) is 9.59 Å². The molecule has 4 rings (SSSR count). The molecular formula is C25H21Cl2N3O2S. The molecule has 168 valence electrons. The number of hydrogen-bond donors (Lipinski definition) is 2. The summed E-state index contributed by atoms with van der Waals surface area (Å²) in [7, 11) is 0. The fourth-order valence-corrected chi connectivity index (χ4v) is 5.26. The first-order chi connectivity index (χ1) is 15.9. The maximum absolute atomic E-state index is 12.8. The first-order valence-electron chi connectivity index (χ1n) is 10.5.